The zero-order valence-corrected chi connectivity index (χ0v) is 8.87. The van der Waals surface area contributed by atoms with Gasteiger partial charge in [-0.15, -0.1) is 0 Å². The van der Waals surface area contributed by atoms with Crippen molar-refractivity contribution >= 4 is 10.8 Å². The van der Waals surface area contributed by atoms with Crippen molar-refractivity contribution in [3.8, 4) is 0 Å². The fraction of sp³-hybridized carbons (Fsp3) is 0.308. The molecule has 2 aromatic rings. The molecule has 84 valence electrons. The summed E-state index contributed by atoms with van der Waals surface area (Å²) in [6, 6.07) is 6.35. The predicted molar refractivity (Wildman–Crippen MR) is 66.7 cm³/mol. The van der Waals surface area contributed by atoms with Gasteiger partial charge < -0.3 is 10.3 Å². The third kappa shape index (κ3) is 1.86. The van der Waals surface area contributed by atoms with Gasteiger partial charge in [0.1, 0.15) is 0 Å². The lowest BCUT2D eigenvalue weighted by atomic mass is 10.0. The minimum atomic E-state index is -2.78. The van der Waals surface area contributed by atoms with E-state index >= 15 is 0 Å². The Morgan fingerprint density at radius 1 is 1.50 bits per heavy atom. The summed E-state index contributed by atoms with van der Waals surface area (Å²) in [5, 5.41) is 3.63. The van der Waals surface area contributed by atoms with Crippen LogP contribution in [0.15, 0.2) is 35.3 Å². The van der Waals surface area contributed by atoms with Crippen LogP contribution in [0.4, 0.5) is 0 Å². The molecule has 3 heteroatoms. The van der Waals surface area contributed by atoms with Crippen molar-refractivity contribution in [3.05, 3.63) is 46.4 Å². The van der Waals surface area contributed by atoms with Crippen LogP contribution in [0, 0.1) is 0 Å². The molecule has 0 unspecified atom stereocenters. The second-order valence-electron chi connectivity index (χ2n) is 3.61. The van der Waals surface area contributed by atoms with Crippen molar-refractivity contribution in [1.82, 2.24) is 10.3 Å². The third-order valence-corrected chi connectivity index (χ3v) is 2.60. The van der Waals surface area contributed by atoms with Gasteiger partial charge in [0.15, 0.2) is 0 Å². The van der Waals surface area contributed by atoms with Gasteiger partial charge in [-0.25, -0.2) is 0 Å². The summed E-state index contributed by atoms with van der Waals surface area (Å²) in [4.78, 5) is 14.3. The number of rotatable bonds is 3. The molecule has 0 amide bonds. The quantitative estimate of drug-likeness (QED) is 0.834. The summed E-state index contributed by atoms with van der Waals surface area (Å²) in [5.41, 5.74) is 0.402. The molecule has 16 heavy (non-hydrogen) atoms. The molecule has 0 aliphatic carbocycles. The molecule has 3 nitrogen and oxygen atoms in total. The van der Waals surface area contributed by atoms with Crippen molar-refractivity contribution in [2.24, 2.45) is 0 Å². The maximum atomic E-state index is 11.8. The van der Waals surface area contributed by atoms with E-state index in [0.29, 0.717) is 16.3 Å². The SMILES string of the molecule is [2H]C([2H])([2H])C([2H])([2H])N[C@H](C)c1c[nH]c(=O)c2ccccc12. The number of nitrogens with one attached hydrogen (secondary N) is 2. The monoisotopic (exact) mass is 221 g/mol. The van der Waals surface area contributed by atoms with E-state index in [0.717, 1.165) is 0 Å². The molecule has 0 bridgehead atoms. The van der Waals surface area contributed by atoms with Gasteiger partial charge in [-0.1, -0.05) is 25.1 Å². The second kappa shape index (κ2) is 4.49. The van der Waals surface area contributed by atoms with Crippen molar-refractivity contribution in [3.63, 3.8) is 0 Å². The zero-order valence-electron chi connectivity index (χ0n) is 13.9. The van der Waals surface area contributed by atoms with Gasteiger partial charge in [0.05, 0.1) is 0 Å². The van der Waals surface area contributed by atoms with Crippen LogP contribution in [-0.4, -0.2) is 11.5 Å². The summed E-state index contributed by atoms with van der Waals surface area (Å²) < 4.78 is 36.9. The molecular weight excluding hydrogens is 200 g/mol. The average Bonchev–Trinajstić information content (AvgIpc) is 2.37. The van der Waals surface area contributed by atoms with E-state index in [9.17, 15) is 4.79 Å². The average molecular weight is 221 g/mol. The highest BCUT2D eigenvalue weighted by molar-refractivity contribution is 5.84. The fourth-order valence-corrected chi connectivity index (χ4v) is 1.78. The summed E-state index contributed by atoms with van der Waals surface area (Å²) in [7, 11) is 0. The van der Waals surface area contributed by atoms with E-state index in [2.05, 4.69) is 10.3 Å². The van der Waals surface area contributed by atoms with Crippen molar-refractivity contribution in [2.75, 3.05) is 6.50 Å². The minimum absolute atomic E-state index is 0.236. The number of fused-ring (bicyclic) bond motifs is 1. The molecule has 0 saturated heterocycles. The normalized spacial score (nSPS) is 19.2. The summed E-state index contributed by atoms with van der Waals surface area (Å²) in [5.74, 6) is 0. The molecule has 0 spiro atoms. The summed E-state index contributed by atoms with van der Waals surface area (Å²) in [6.45, 7) is -3.65. The van der Waals surface area contributed by atoms with Crippen LogP contribution in [0.1, 0.15) is 32.2 Å². The molecule has 1 aromatic carbocycles. The van der Waals surface area contributed by atoms with Gasteiger partial charge in [-0.3, -0.25) is 4.79 Å². The molecular formula is C13H16N2O. The second-order valence-corrected chi connectivity index (χ2v) is 3.61. The van der Waals surface area contributed by atoms with Crippen molar-refractivity contribution < 1.29 is 6.85 Å². The number of aromatic amines is 1. The van der Waals surface area contributed by atoms with Gasteiger partial charge >= 0.3 is 0 Å². The Labute approximate surface area is 102 Å². The van der Waals surface area contributed by atoms with Crippen LogP contribution in [-0.2, 0) is 0 Å². The topological polar surface area (TPSA) is 44.9 Å². The molecule has 1 atom stereocenters. The Kier molecular flexibility index (Phi) is 1.74. The molecule has 0 aliphatic rings. The lowest BCUT2D eigenvalue weighted by Gasteiger charge is -2.14. The van der Waals surface area contributed by atoms with Crippen LogP contribution < -0.4 is 10.9 Å². The van der Waals surface area contributed by atoms with Crippen molar-refractivity contribution in [2.45, 2.75) is 19.8 Å². The molecule has 0 radical (unpaired) electrons. The highest BCUT2D eigenvalue weighted by atomic mass is 16.1. The first-order chi connectivity index (χ1) is 9.63. The van der Waals surface area contributed by atoms with E-state index in [1.165, 1.54) is 6.20 Å². The summed E-state index contributed by atoms with van der Waals surface area (Å²) in [6.07, 6.45) is 1.48. The maximum absolute atomic E-state index is 11.8. The molecule has 0 saturated carbocycles. The maximum Gasteiger partial charge on any atom is 0.255 e. The Morgan fingerprint density at radius 2 is 2.25 bits per heavy atom. The molecule has 1 aromatic heterocycles. The predicted octanol–water partition coefficient (Wildman–Crippen LogP) is 2.20. The van der Waals surface area contributed by atoms with Crippen molar-refractivity contribution in [1.29, 1.82) is 0 Å². The van der Waals surface area contributed by atoms with E-state index in [1.807, 2.05) is 0 Å². The first kappa shape index (κ1) is 6.21. The number of hydrogen-bond donors (Lipinski definition) is 2. The van der Waals surface area contributed by atoms with Gasteiger partial charge in [0.2, 0.25) is 0 Å². The number of pyridine rings is 1. The van der Waals surface area contributed by atoms with E-state index in [4.69, 9.17) is 6.85 Å². The lowest BCUT2D eigenvalue weighted by molar-refractivity contribution is 0.600. The Bertz CT molecular complexity index is 708. The first-order valence-electron chi connectivity index (χ1n) is 7.51. The van der Waals surface area contributed by atoms with Gasteiger partial charge in [0, 0.05) is 24.5 Å². The van der Waals surface area contributed by atoms with Crippen LogP contribution >= 0.6 is 0 Å². The molecule has 2 rings (SSSR count). The smallest absolute Gasteiger partial charge is 0.255 e. The highest BCUT2D eigenvalue weighted by Gasteiger charge is 2.09. The molecule has 1 heterocycles. The number of aromatic nitrogens is 1. The third-order valence-electron chi connectivity index (χ3n) is 2.60. The van der Waals surface area contributed by atoms with E-state index in [-0.39, 0.29) is 5.56 Å². The first-order valence-corrected chi connectivity index (χ1v) is 5.01. The Hall–Kier alpha value is -1.61. The highest BCUT2D eigenvalue weighted by Crippen LogP contribution is 2.20. The number of hydrogen-bond acceptors (Lipinski definition) is 2. The fourth-order valence-electron chi connectivity index (χ4n) is 1.78. The lowest BCUT2D eigenvalue weighted by Crippen LogP contribution is -2.19. The minimum Gasteiger partial charge on any atom is -0.328 e. The summed E-state index contributed by atoms with van der Waals surface area (Å²) >= 11 is 0. The Balaban J connectivity index is 2.44. The van der Waals surface area contributed by atoms with Crippen LogP contribution in [0.2, 0.25) is 0 Å². The van der Waals surface area contributed by atoms with Crippen LogP contribution in [0.5, 0.6) is 0 Å². The largest absolute Gasteiger partial charge is 0.328 e. The van der Waals surface area contributed by atoms with Gasteiger partial charge in [-0.2, -0.15) is 0 Å². The van der Waals surface area contributed by atoms with E-state index in [1.54, 1.807) is 31.2 Å². The standard InChI is InChI=1S/C13H16N2O/c1-3-14-9(2)12-8-15-13(16)11-7-5-4-6-10(11)12/h4-9,14H,3H2,1-2H3,(H,15,16)/t9-/m1/s1/i1D3,3D2. The Morgan fingerprint density at radius 3 is 3.00 bits per heavy atom. The molecule has 2 N–H and O–H groups in total. The van der Waals surface area contributed by atoms with Gasteiger partial charge in [-0.05, 0) is 30.4 Å². The molecule has 0 fully saturated rings. The van der Waals surface area contributed by atoms with E-state index < -0.39 is 19.4 Å². The number of H-pyrrole nitrogens is 1. The van der Waals surface area contributed by atoms with Crippen LogP contribution in [0.3, 0.4) is 0 Å². The van der Waals surface area contributed by atoms with Crippen LogP contribution in [0.25, 0.3) is 10.8 Å². The van der Waals surface area contributed by atoms with Gasteiger partial charge in [0.25, 0.3) is 5.56 Å². The molecule has 0 aliphatic heterocycles. The number of benzene rings is 1. The zero-order chi connectivity index (χ0) is 15.8.